The molecule has 72 valence electrons. The average molecular weight is 181 g/mol. The lowest BCUT2D eigenvalue weighted by molar-refractivity contribution is 0.220. The first-order chi connectivity index (χ1) is 6.22. The van der Waals surface area contributed by atoms with E-state index in [9.17, 15) is 0 Å². The maximum Gasteiger partial charge on any atom is 0.126 e. The van der Waals surface area contributed by atoms with Crippen LogP contribution in [-0.4, -0.2) is 24.7 Å². The number of aromatic nitrogens is 1. The van der Waals surface area contributed by atoms with E-state index in [4.69, 9.17) is 10.5 Å². The van der Waals surface area contributed by atoms with E-state index < -0.39 is 0 Å². The standard InChI is InChI=1S/C9H15N3O/c1-7(6-11-2)13-8-3-4-12-9(10)5-8/h3-5,7,11H,6H2,1-2H3,(H2,10,12). The Labute approximate surface area is 78.1 Å². The Kier molecular flexibility index (Phi) is 3.52. The van der Waals surface area contributed by atoms with E-state index in [0.29, 0.717) is 5.82 Å². The lowest BCUT2D eigenvalue weighted by atomic mass is 10.4. The van der Waals surface area contributed by atoms with Gasteiger partial charge in [-0.3, -0.25) is 0 Å². The van der Waals surface area contributed by atoms with Gasteiger partial charge in [-0.1, -0.05) is 0 Å². The number of pyridine rings is 1. The number of nitrogens with two attached hydrogens (primary N) is 1. The van der Waals surface area contributed by atoms with Crippen LogP contribution in [0.2, 0.25) is 0 Å². The molecule has 0 bridgehead atoms. The zero-order chi connectivity index (χ0) is 9.68. The molecule has 1 unspecified atom stereocenters. The fourth-order valence-corrected chi connectivity index (χ4v) is 1.06. The highest BCUT2D eigenvalue weighted by molar-refractivity contribution is 5.35. The molecule has 0 aliphatic carbocycles. The second-order valence-electron chi connectivity index (χ2n) is 2.90. The van der Waals surface area contributed by atoms with Crippen LogP contribution in [0.4, 0.5) is 5.82 Å². The van der Waals surface area contributed by atoms with Crippen molar-refractivity contribution in [3.05, 3.63) is 18.3 Å². The topological polar surface area (TPSA) is 60.2 Å². The van der Waals surface area contributed by atoms with Gasteiger partial charge in [-0.05, 0) is 20.0 Å². The van der Waals surface area contributed by atoms with E-state index in [-0.39, 0.29) is 6.10 Å². The molecule has 1 aromatic rings. The Bertz CT molecular complexity index is 265. The third-order valence-corrected chi connectivity index (χ3v) is 1.58. The van der Waals surface area contributed by atoms with Crippen molar-refractivity contribution in [3.8, 4) is 5.75 Å². The minimum atomic E-state index is 0.131. The molecule has 0 spiro atoms. The number of hydrogen-bond acceptors (Lipinski definition) is 4. The van der Waals surface area contributed by atoms with Crippen LogP contribution < -0.4 is 15.8 Å². The molecule has 1 rings (SSSR count). The minimum absolute atomic E-state index is 0.131. The molecular weight excluding hydrogens is 166 g/mol. The second kappa shape index (κ2) is 4.67. The lowest BCUT2D eigenvalue weighted by Crippen LogP contribution is -2.26. The van der Waals surface area contributed by atoms with Gasteiger partial charge in [-0.2, -0.15) is 0 Å². The molecule has 0 saturated carbocycles. The van der Waals surface area contributed by atoms with Gasteiger partial charge in [0, 0.05) is 18.8 Å². The van der Waals surface area contributed by atoms with E-state index >= 15 is 0 Å². The van der Waals surface area contributed by atoms with Gasteiger partial charge in [0.05, 0.1) is 0 Å². The molecule has 0 aromatic carbocycles. The maximum atomic E-state index is 5.55. The number of rotatable bonds is 4. The Morgan fingerprint density at radius 3 is 3.08 bits per heavy atom. The average Bonchev–Trinajstić information content (AvgIpc) is 2.04. The first-order valence-corrected chi connectivity index (χ1v) is 4.25. The van der Waals surface area contributed by atoms with Crippen molar-refractivity contribution in [3.63, 3.8) is 0 Å². The SMILES string of the molecule is CNCC(C)Oc1ccnc(N)c1. The molecule has 3 N–H and O–H groups in total. The first-order valence-electron chi connectivity index (χ1n) is 4.25. The second-order valence-corrected chi connectivity index (χ2v) is 2.90. The monoisotopic (exact) mass is 181 g/mol. The molecule has 0 radical (unpaired) electrons. The predicted molar refractivity (Wildman–Crippen MR) is 52.7 cm³/mol. The van der Waals surface area contributed by atoms with Gasteiger partial charge in [-0.15, -0.1) is 0 Å². The molecule has 1 atom stereocenters. The number of ether oxygens (including phenoxy) is 1. The van der Waals surface area contributed by atoms with E-state index in [0.717, 1.165) is 12.3 Å². The molecule has 13 heavy (non-hydrogen) atoms. The quantitative estimate of drug-likeness (QED) is 0.716. The third-order valence-electron chi connectivity index (χ3n) is 1.58. The van der Waals surface area contributed by atoms with Crippen LogP contribution in [0, 0.1) is 0 Å². The number of nitrogen functional groups attached to an aromatic ring is 1. The van der Waals surface area contributed by atoms with Crippen LogP contribution in [0.3, 0.4) is 0 Å². The van der Waals surface area contributed by atoms with Crippen LogP contribution in [0.5, 0.6) is 5.75 Å². The van der Waals surface area contributed by atoms with Crippen molar-refractivity contribution in [2.24, 2.45) is 0 Å². The Morgan fingerprint density at radius 1 is 1.69 bits per heavy atom. The number of likely N-dealkylation sites (N-methyl/N-ethyl adjacent to an activating group) is 1. The molecule has 0 aliphatic rings. The highest BCUT2D eigenvalue weighted by atomic mass is 16.5. The molecule has 0 aliphatic heterocycles. The Hall–Kier alpha value is -1.29. The molecular formula is C9H15N3O. The summed E-state index contributed by atoms with van der Waals surface area (Å²) in [5, 5.41) is 3.03. The van der Waals surface area contributed by atoms with Gasteiger partial charge < -0.3 is 15.8 Å². The summed E-state index contributed by atoms with van der Waals surface area (Å²) >= 11 is 0. The molecule has 4 nitrogen and oxygen atoms in total. The van der Waals surface area contributed by atoms with Crippen molar-refractivity contribution in [2.75, 3.05) is 19.3 Å². The summed E-state index contributed by atoms with van der Waals surface area (Å²) < 4.78 is 5.55. The van der Waals surface area contributed by atoms with Crippen LogP contribution in [0.25, 0.3) is 0 Å². The van der Waals surface area contributed by atoms with Crippen LogP contribution in [0.1, 0.15) is 6.92 Å². The molecule has 0 saturated heterocycles. The summed E-state index contributed by atoms with van der Waals surface area (Å²) in [6.45, 7) is 2.80. The minimum Gasteiger partial charge on any atom is -0.489 e. The Morgan fingerprint density at radius 2 is 2.46 bits per heavy atom. The van der Waals surface area contributed by atoms with E-state index in [2.05, 4.69) is 10.3 Å². The molecule has 0 fully saturated rings. The fourth-order valence-electron chi connectivity index (χ4n) is 1.06. The Balaban J connectivity index is 2.53. The summed E-state index contributed by atoms with van der Waals surface area (Å²) in [7, 11) is 1.89. The highest BCUT2D eigenvalue weighted by Crippen LogP contribution is 2.13. The summed E-state index contributed by atoms with van der Waals surface area (Å²) in [5.41, 5.74) is 5.50. The van der Waals surface area contributed by atoms with Gasteiger partial charge in [0.2, 0.25) is 0 Å². The van der Waals surface area contributed by atoms with Gasteiger partial charge in [0.1, 0.15) is 17.7 Å². The zero-order valence-corrected chi connectivity index (χ0v) is 7.95. The van der Waals surface area contributed by atoms with Crippen molar-refractivity contribution >= 4 is 5.82 Å². The molecule has 0 amide bonds. The predicted octanol–water partition coefficient (Wildman–Crippen LogP) is 0.650. The van der Waals surface area contributed by atoms with Crippen LogP contribution in [-0.2, 0) is 0 Å². The number of nitrogens with zero attached hydrogens (tertiary/aromatic N) is 1. The molecule has 4 heteroatoms. The van der Waals surface area contributed by atoms with Gasteiger partial charge >= 0.3 is 0 Å². The first kappa shape index (κ1) is 9.80. The number of hydrogen-bond donors (Lipinski definition) is 2. The lowest BCUT2D eigenvalue weighted by Gasteiger charge is -2.13. The zero-order valence-electron chi connectivity index (χ0n) is 7.95. The van der Waals surface area contributed by atoms with Crippen LogP contribution in [0.15, 0.2) is 18.3 Å². The van der Waals surface area contributed by atoms with Crippen LogP contribution >= 0.6 is 0 Å². The molecule has 1 aromatic heterocycles. The van der Waals surface area contributed by atoms with E-state index in [1.54, 1.807) is 18.3 Å². The normalized spacial score (nSPS) is 12.5. The van der Waals surface area contributed by atoms with Gasteiger partial charge in [0.25, 0.3) is 0 Å². The van der Waals surface area contributed by atoms with Gasteiger partial charge in [0.15, 0.2) is 0 Å². The maximum absolute atomic E-state index is 5.55. The fraction of sp³-hybridized carbons (Fsp3) is 0.444. The summed E-state index contributed by atoms with van der Waals surface area (Å²) in [4.78, 5) is 3.88. The number of anilines is 1. The van der Waals surface area contributed by atoms with Crippen molar-refractivity contribution < 1.29 is 4.74 Å². The van der Waals surface area contributed by atoms with Crippen molar-refractivity contribution in [1.29, 1.82) is 0 Å². The summed E-state index contributed by atoms with van der Waals surface area (Å²) in [6, 6.07) is 3.51. The van der Waals surface area contributed by atoms with Gasteiger partial charge in [-0.25, -0.2) is 4.98 Å². The third kappa shape index (κ3) is 3.29. The highest BCUT2D eigenvalue weighted by Gasteiger charge is 2.02. The summed E-state index contributed by atoms with van der Waals surface area (Å²) in [5.74, 6) is 1.24. The number of nitrogens with one attached hydrogen (secondary N) is 1. The van der Waals surface area contributed by atoms with E-state index in [1.165, 1.54) is 0 Å². The largest absolute Gasteiger partial charge is 0.489 e. The summed E-state index contributed by atoms with van der Waals surface area (Å²) in [6.07, 6.45) is 1.77. The van der Waals surface area contributed by atoms with Crippen molar-refractivity contribution in [1.82, 2.24) is 10.3 Å². The van der Waals surface area contributed by atoms with E-state index in [1.807, 2.05) is 14.0 Å². The smallest absolute Gasteiger partial charge is 0.126 e. The molecule has 1 heterocycles. The van der Waals surface area contributed by atoms with Crippen molar-refractivity contribution in [2.45, 2.75) is 13.0 Å².